The number of carboxylic acids is 1. The summed E-state index contributed by atoms with van der Waals surface area (Å²) in [6, 6.07) is 7.28. The van der Waals surface area contributed by atoms with Crippen LogP contribution >= 0.6 is 0 Å². The average molecular weight is 217 g/mol. The van der Waals surface area contributed by atoms with Gasteiger partial charge in [-0.1, -0.05) is 6.07 Å². The number of carboxylic acid groups (broad SMARTS) is 1. The molecule has 0 aromatic carbocycles. The van der Waals surface area contributed by atoms with Crippen LogP contribution in [0.2, 0.25) is 0 Å². The van der Waals surface area contributed by atoms with Crippen LogP contribution in [0.1, 0.15) is 18.5 Å². The third-order valence-corrected chi connectivity index (χ3v) is 2.44. The van der Waals surface area contributed by atoms with Gasteiger partial charge in [-0.25, -0.2) is 4.98 Å². The lowest BCUT2D eigenvalue weighted by molar-refractivity contribution is -0.135. The second-order valence-corrected chi connectivity index (χ2v) is 3.75. The number of carbonyl (C=O) groups is 1. The molecule has 1 N–H and O–H groups in total. The van der Waals surface area contributed by atoms with Crippen molar-refractivity contribution >= 4 is 11.8 Å². The van der Waals surface area contributed by atoms with Gasteiger partial charge < -0.3 is 10.0 Å². The maximum atomic E-state index is 10.7. The van der Waals surface area contributed by atoms with E-state index < -0.39 is 5.97 Å². The minimum atomic E-state index is -0.879. The lowest BCUT2D eigenvalue weighted by atomic mass is 10.3. The highest BCUT2D eigenvalue weighted by atomic mass is 16.4. The Hall–Kier alpha value is -2.09. The molecule has 2 rings (SSSR count). The van der Waals surface area contributed by atoms with Crippen LogP contribution in [0.3, 0.4) is 0 Å². The number of aliphatic carboxylic acids is 1. The molecule has 0 saturated heterocycles. The first-order chi connectivity index (χ1) is 7.70. The Morgan fingerprint density at radius 3 is 2.94 bits per heavy atom. The number of pyridine rings is 1. The van der Waals surface area contributed by atoms with E-state index in [-0.39, 0.29) is 12.6 Å². The molecule has 82 valence electrons. The van der Waals surface area contributed by atoms with E-state index in [4.69, 9.17) is 10.4 Å². The first kappa shape index (κ1) is 10.4. The van der Waals surface area contributed by atoms with Crippen LogP contribution in [-0.2, 0) is 4.79 Å². The van der Waals surface area contributed by atoms with Crippen LogP contribution in [0.5, 0.6) is 0 Å². The Balaban J connectivity index is 2.24. The summed E-state index contributed by atoms with van der Waals surface area (Å²) >= 11 is 0. The Bertz CT molecular complexity index is 449. The second-order valence-electron chi connectivity index (χ2n) is 3.75. The van der Waals surface area contributed by atoms with Crippen LogP contribution in [0.25, 0.3) is 0 Å². The van der Waals surface area contributed by atoms with Crippen molar-refractivity contribution < 1.29 is 9.90 Å². The van der Waals surface area contributed by atoms with E-state index in [1.165, 1.54) is 0 Å². The molecule has 1 saturated carbocycles. The van der Waals surface area contributed by atoms with Gasteiger partial charge in [-0.05, 0) is 25.0 Å². The summed E-state index contributed by atoms with van der Waals surface area (Å²) < 4.78 is 0. The predicted octanol–water partition coefficient (Wildman–Crippen LogP) is 1.01. The van der Waals surface area contributed by atoms with Gasteiger partial charge in [-0.3, -0.25) is 4.79 Å². The molecule has 16 heavy (non-hydrogen) atoms. The predicted molar refractivity (Wildman–Crippen MR) is 57.0 cm³/mol. The molecule has 1 aromatic heterocycles. The number of nitrogens with zero attached hydrogens (tertiary/aromatic N) is 3. The highest BCUT2D eigenvalue weighted by Crippen LogP contribution is 2.30. The van der Waals surface area contributed by atoms with Crippen LogP contribution in [-0.4, -0.2) is 28.6 Å². The minimum Gasteiger partial charge on any atom is -0.480 e. The summed E-state index contributed by atoms with van der Waals surface area (Å²) in [6.07, 6.45) is 1.98. The smallest absolute Gasteiger partial charge is 0.323 e. The van der Waals surface area contributed by atoms with E-state index in [0.717, 1.165) is 12.8 Å². The van der Waals surface area contributed by atoms with Gasteiger partial charge in [0.2, 0.25) is 0 Å². The number of aromatic nitrogens is 1. The summed E-state index contributed by atoms with van der Waals surface area (Å²) in [5, 5.41) is 17.5. The molecular weight excluding hydrogens is 206 g/mol. The number of anilines is 1. The highest BCUT2D eigenvalue weighted by Gasteiger charge is 2.31. The molecule has 0 amide bonds. The first-order valence-electron chi connectivity index (χ1n) is 5.06. The molecule has 0 bridgehead atoms. The van der Waals surface area contributed by atoms with Gasteiger partial charge in [0.05, 0.1) is 0 Å². The van der Waals surface area contributed by atoms with Gasteiger partial charge in [0.15, 0.2) is 0 Å². The number of rotatable bonds is 4. The second kappa shape index (κ2) is 4.19. The largest absolute Gasteiger partial charge is 0.480 e. The van der Waals surface area contributed by atoms with Gasteiger partial charge >= 0.3 is 5.97 Å². The minimum absolute atomic E-state index is 0.0629. The topological polar surface area (TPSA) is 77.2 Å². The summed E-state index contributed by atoms with van der Waals surface area (Å²) in [5.41, 5.74) is 0.313. The van der Waals surface area contributed by atoms with E-state index in [0.29, 0.717) is 11.5 Å². The third-order valence-electron chi connectivity index (χ3n) is 2.44. The van der Waals surface area contributed by atoms with Crippen molar-refractivity contribution in [3.05, 3.63) is 23.9 Å². The lowest BCUT2D eigenvalue weighted by Gasteiger charge is -2.21. The molecule has 1 fully saturated rings. The quantitative estimate of drug-likeness (QED) is 0.814. The standard InChI is InChI=1S/C11H11N3O2/c12-6-8-2-1-3-10(13-8)14(7-11(15)16)9-4-5-9/h1-3,9H,4-5,7H2,(H,15,16). The van der Waals surface area contributed by atoms with Gasteiger partial charge in [0.1, 0.15) is 24.1 Å². The van der Waals surface area contributed by atoms with Crippen LogP contribution < -0.4 is 4.90 Å². The van der Waals surface area contributed by atoms with Crippen molar-refractivity contribution in [2.75, 3.05) is 11.4 Å². The molecule has 1 aliphatic carbocycles. The molecule has 1 heterocycles. The zero-order valence-electron chi connectivity index (χ0n) is 8.63. The SMILES string of the molecule is N#Cc1cccc(N(CC(=O)O)C2CC2)n1. The molecule has 1 aliphatic rings. The Morgan fingerprint density at radius 1 is 1.62 bits per heavy atom. The molecular formula is C11H11N3O2. The number of hydrogen-bond donors (Lipinski definition) is 1. The molecule has 0 spiro atoms. The fourth-order valence-electron chi connectivity index (χ4n) is 1.57. The van der Waals surface area contributed by atoms with Gasteiger partial charge in [0.25, 0.3) is 0 Å². The molecule has 0 unspecified atom stereocenters. The molecule has 1 aromatic rings. The van der Waals surface area contributed by atoms with E-state index in [2.05, 4.69) is 4.98 Å². The van der Waals surface area contributed by atoms with Crippen LogP contribution in [0, 0.1) is 11.3 Å². The maximum absolute atomic E-state index is 10.7. The van der Waals surface area contributed by atoms with Crippen LogP contribution in [0.15, 0.2) is 18.2 Å². The van der Waals surface area contributed by atoms with Crippen molar-refractivity contribution in [2.45, 2.75) is 18.9 Å². The Kier molecular flexibility index (Phi) is 2.73. The Morgan fingerprint density at radius 2 is 2.38 bits per heavy atom. The van der Waals surface area contributed by atoms with Gasteiger partial charge in [-0.15, -0.1) is 0 Å². The maximum Gasteiger partial charge on any atom is 0.323 e. The third kappa shape index (κ3) is 2.28. The van der Waals surface area contributed by atoms with Gasteiger partial charge in [0, 0.05) is 6.04 Å². The number of hydrogen-bond acceptors (Lipinski definition) is 4. The zero-order valence-corrected chi connectivity index (χ0v) is 8.63. The fourth-order valence-corrected chi connectivity index (χ4v) is 1.57. The molecule has 5 heteroatoms. The van der Waals surface area contributed by atoms with Crippen molar-refractivity contribution in [1.82, 2.24) is 4.98 Å². The molecule has 5 nitrogen and oxygen atoms in total. The van der Waals surface area contributed by atoms with Crippen molar-refractivity contribution in [3.8, 4) is 6.07 Å². The monoisotopic (exact) mass is 217 g/mol. The molecule has 0 aliphatic heterocycles. The van der Waals surface area contributed by atoms with E-state index in [9.17, 15) is 4.79 Å². The van der Waals surface area contributed by atoms with Crippen molar-refractivity contribution in [3.63, 3.8) is 0 Å². The number of nitriles is 1. The molecule has 0 atom stereocenters. The zero-order chi connectivity index (χ0) is 11.5. The Labute approximate surface area is 92.9 Å². The summed E-state index contributed by atoms with van der Waals surface area (Å²) in [4.78, 5) is 16.6. The summed E-state index contributed by atoms with van der Waals surface area (Å²) in [7, 11) is 0. The normalized spacial score (nSPS) is 14.2. The molecule has 0 radical (unpaired) electrons. The highest BCUT2D eigenvalue weighted by molar-refractivity contribution is 5.73. The van der Waals surface area contributed by atoms with E-state index in [1.807, 2.05) is 6.07 Å². The van der Waals surface area contributed by atoms with Crippen LogP contribution in [0.4, 0.5) is 5.82 Å². The van der Waals surface area contributed by atoms with Crippen molar-refractivity contribution in [1.29, 1.82) is 5.26 Å². The summed E-state index contributed by atoms with van der Waals surface area (Å²) in [5.74, 6) is -0.306. The lowest BCUT2D eigenvalue weighted by Crippen LogP contribution is -2.32. The van der Waals surface area contributed by atoms with E-state index >= 15 is 0 Å². The van der Waals surface area contributed by atoms with E-state index in [1.54, 1.807) is 23.1 Å². The van der Waals surface area contributed by atoms with Crippen molar-refractivity contribution in [2.24, 2.45) is 0 Å². The summed E-state index contributed by atoms with van der Waals surface area (Å²) in [6.45, 7) is -0.0629. The van der Waals surface area contributed by atoms with Gasteiger partial charge in [-0.2, -0.15) is 5.26 Å². The first-order valence-corrected chi connectivity index (χ1v) is 5.06. The fraction of sp³-hybridized carbons (Fsp3) is 0.364. The average Bonchev–Trinajstić information content (AvgIpc) is 3.09.